The van der Waals surface area contributed by atoms with Crippen LogP contribution in [0.2, 0.25) is 0 Å². The van der Waals surface area contributed by atoms with Crippen molar-refractivity contribution >= 4 is 16.8 Å². The van der Waals surface area contributed by atoms with Crippen LogP contribution >= 0.6 is 11.6 Å². The highest BCUT2D eigenvalue weighted by atomic mass is 35.5. The van der Waals surface area contributed by atoms with Gasteiger partial charge in [-0.15, -0.1) is 10.3 Å². The van der Waals surface area contributed by atoms with Crippen LogP contribution in [0.5, 0.6) is 0 Å². The lowest BCUT2D eigenvalue weighted by atomic mass is 9.98. The van der Waals surface area contributed by atoms with Crippen molar-refractivity contribution < 1.29 is 10.0 Å². The van der Waals surface area contributed by atoms with Crippen LogP contribution in [0.4, 0.5) is 0 Å². The molecule has 1 rings (SSSR count). The van der Waals surface area contributed by atoms with Crippen molar-refractivity contribution in [1.82, 2.24) is 5.06 Å². The van der Waals surface area contributed by atoms with Crippen molar-refractivity contribution in [1.29, 1.82) is 0 Å². The summed E-state index contributed by atoms with van der Waals surface area (Å²) >= 11 is 5.39. The molecule has 0 unspecified atom stereocenters. The smallest absolute Gasteiger partial charge is 0.250 e. The molecule has 4 heteroatoms. The molecule has 1 aliphatic rings. The Hall–Kier alpha value is -0.380. The first-order valence-corrected chi connectivity index (χ1v) is 4.48. The fourth-order valence-electron chi connectivity index (χ4n) is 1.72. The molecule has 3 nitrogen and oxygen atoms in total. The van der Waals surface area contributed by atoms with E-state index in [-0.39, 0.29) is 0 Å². The highest BCUT2D eigenvalue weighted by molar-refractivity contribution is 6.68. The minimum absolute atomic E-state index is 0.383. The van der Waals surface area contributed by atoms with Gasteiger partial charge < -0.3 is 0 Å². The Bertz CT molecular complexity index is 281. The van der Waals surface area contributed by atoms with Crippen LogP contribution in [0.15, 0.2) is 11.6 Å². The van der Waals surface area contributed by atoms with E-state index < -0.39 is 16.3 Å². The summed E-state index contributed by atoms with van der Waals surface area (Å²) in [6.07, 6.45) is 1.63. The van der Waals surface area contributed by atoms with Crippen LogP contribution in [-0.2, 0) is 10.0 Å². The van der Waals surface area contributed by atoms with Crippen molar-refractivity contribution in [2.24, 2.45) is 0 Å². The number of halogens is 1. The molecular weight excluding hydrogens is 190 g/mol. The van der Waals surface area contributed by atoms with Crippen molar-refractivity contribution in [2.45, 2.75) is 38.8 Å². The van der Waals surface area contributed by atoms with Gasteiger partial charge in [-0.1, -0.05) is 6.08 Å². The second kappa shape index (κ2) is 2.80. The molecule has 0 fully saturated rings. The number of rotatable bonds is 1. The molecule has 73 valence electrons. The molecule has 0 atom stereocenters. The zero-order valence-electron chi connectivity index (χ0n) is 8.22. The molecule has 1 radical (unpaired) electrons. The van der Waals surface area contributed by atoms with E-state index in [1.54, 1.807) is 33.8 Å². The van der Waals surface area contributed by atoms with Gasteiger partial charge in [-0.3, -0.25) is 4.79 Å². The third-order valence-electron chi connectivity index (χ3n) is 2.40. The van der Waals surface area contributed by atoms with E-state index in [1.165, 1.54) is 0 Å². The van der Waals surface area contributed by atoms with E-state index in [0.717, 1.165) is 5.06 Å². The molecule has 0 aromatic heterocycles. The quantitative estimate of drug-likeness (QED) is 0.610. The van der Waals surface area contributed by atoms with Crippen molar-refractivity contribution in [2.75, 3.05) is 0 Å². The van der Waals surface area contributed by atoms with Gasteiger partial charge in [0, 0.05) is 5.57 Å². The lowest BCUT2D eigenvalue weighted by Crippen LogP contribution is -2.47. The Morgan fingerprint density at radius 3 is 2.00 bits per heavy atom. The van der Waals surface area contributed by atoms with Gasteiger partial charge in [0.05, 0.1) is 11.1 Å². The summed E-state index contributed by atoms with van der Waals surface area (Å²) in [5.41, 5.74) is -1.08. The summed E-state index contributed by atoms with van der Waals surface area (Å²) in [6, 6.07) is 0. The summed E-state index contributed by atoms with van der Waals surface area (Å²) in [5.74, 6) is 0. The maximum Gasteiger partial charge on any atom is 0.250 e. The molecule has 0 saturated carbocycles. The van der Waals surface area contributed by atoms with E-state index in [0.29, 0.717) is 5.57 Å². The zero-order valence-corrected chi connectivity index (χ0v) is 8.97. The molecule has 0 amide bonds. The highest BCUT2D eigenvalue weighted by Gasteiger charge is 2.48. The summed E-state index contributed by atoms with van der Waals surface area (Å²) in [4.78, 5) is 11.0. The average Bonchev–Trinajstić information content (AvgIpc) is 2.11. The van der Waals surface area contributed by atoms with Crippen LogP contribution in [0.3, 0.4) is 0 Å². The molecule has 13 heavy (non-hydrogen) atoms. The Balaban J connectivity index is 3.17. The Morgan fingerprint density at radius 2 is 1.85 bits per heavy atom. The largest absolute Gasteiger partial charge is 0.276 e. The van der Waals surface area contributed by atoms with Gasteiger partial charge in [0.1, 0.15) is 0 Å². The fourth-order valence-corrected chi connectivity index (χ4v) is 2.00. The molecule has 1 heterocycles. The minimum atomic E-state index is -0.817. The van der Waals surface area contributed by atoms with Gasteiger partial charge in [-0.25, -0.2) is 0 Å². The highest BCUT2D eigenvalue weighted by Crippen LogP contribution is 2.39. The van der Waals surface area contributed by atoms with Crippen LogP contribution in [0.1, 0.15) is 27.7 Å². The standard InChI is InChI=1S/C9H13ClNO2/c1-8(2)5-6(7(10)12)9(3,4)11(8)13/h5H,1-4H3. The normalized spacial score (nSPS) is 25.8. The number of hydrogen-bond acceptors (Lipinski definition) is 2. The zero-order chi connectivity index (χ0) is 10.4. The van der Waals surface area contributed by atoms with E-state index in [1.807, 2.05) is 0 Å². The Labute approximate surface area is 82.9 Å². The first-order chi connectivity index (χ1) is 5.69. The van der Waals surface area contributed by atoms with E-state index in [9.17, 15) is 10.0 Å². The van der Waals surface area contributed by atoms with Crippen molar-refractivity contribution in [3.05, 3.63) is 11.6 Å². The Kier molecular flexibility index (Phi) is 2.31. The molecule has 0 aromatic rings. The predicted molar refractivity (Wildman–Crippen MR) is 49.6 cm³/mol. The molecule has 0 spiro atoms. The van der Waals surface area contributed by atoms with Crippen molar-refractivity contribution in [3.8, 4) is 0 Å². The van der Waals surface area contributed by atoms with Crippen LogP contribution in [0.25, 0.3) is 0 Å². The second-order valence-electron chi connectivity index (χ2n) is 4.34. The van der Waals surface area contributed by atoms with Crippen LogP contribution in [0, 0.1) is 0 Å². The third-order valence-corrected chi connectivity index (χ3v) is 2.60. The minimum Gasteiger partial charge on any atom is -0.276 e. The van der Waals surface area contributed by atoms with Crippen LogP contribution < -0.4 is 0 Å². The number of hydroxylamine groups is 2. The number of carbonyl (C=O) groups excluding carboxylic acids is 1. The maximum atomic E-state index is 11.7. The molecule has 0 aromatic carbocycles. The maximum absolute atomic E-state index is 11.7. The molecular formula is C9H13ClNO2. The van der Waals surface area contributed by atoms with Gasteiger partial charge in [0.15, 0.2) is 0 Å². The van der Waals surface area contributed by atoms with E-state index in [4.69, 9.17) is 11.6 Å². The predicted octanol–water partition coefficient (Wildman–Crippen LogP) is 1.90. The first-order valence-electron chi connectivity index (χ1n) is 4.10. The number of nitrogens with zero attached hydrogens (tertiary/aromatic N) is 1. The summed E-state index contributed by atoms with van der Waals surface area (Å²) in [7, 11) is 0. The molecule has 0 saturated heterocycles. The molecule has 0 bridgehead atoms. The van der Waals surface area contributed by atoms with Gasteiger partial charge in [-0.2, -0.15) is 0 Å². The first kappa shape index (κ1) is 10.7. The second-order valence-corrected chi connectivity index (χ2v) is 4.68. The summed E-state index contributed by atoms with van der Waals surface area (Å²) in [6.45, 7) is 6.91. The van der Waals surface area contributed by atoms with Gasteiger partial charge in [-0.05, 0) is 39.3 Å². The van der Waals surface area contributed by atoms with Crippen molar-refractivity contribution in [3.63, 3.8) is 0 Å². The van der Waals surface area contributed by atoms with E-state index >= 15 is 0 Å². The SMILES string of the molecule is CC1(C)C=C(C(=O)Cl)C(C)(C)N1[O]. The summed E-state index contributed by atoms with van der Waals surface area (Å²) < 4.78 is 0. The van der Waals surface area contributed by atoms with Gasteiger partial charge in [0.2, 0.25) is 5.24 Å². The average molecular weight is 203 g/mol. The number of carbonyl (C=O) groups is 1. The molecule has 1 aliphatic heterocycles. The molecule has 0 aliphatic carbocycles. The van der Waals surface area contributed by atoms with Gasteiger partial charge >= 0.3 is 0 Å². The Morgan fingerprint density at radius 1 is 1.38 bits per heavy atom. The number of hydrogen-bond donors (Lipinski definition) is 0. The third kappa shape index (κ3) is 1.52. The monoisotopic (exact) mass is 202 g/mol. The van der Waals surface area contributed by atoms with Gasteiger partial charge in [0.25, 0.3) is 0 Å². The summed E-state index contributed by atoms with van der Waals surface area (Å²) in [5, 5.41) is 12.1. The topological polar surface area (TPSA) is 40.2 Å². The fraction of sp³-hybridized carbons (Fsp3) is 0.667. The van der Waals surface area contributed by atoms with E-state index in [2.05, 4.69) is 0 Å². The lowest BCUT2D eigenvalue weighted by molar-refractivity contribution is -0.238. The molecule has 0 N–H and O–H groups in total. The van der Waals surface area contributed by atoms with Crippen LogP contribution in [-0.4, -0.2) is 21.4 Å². The lowest BCUT2D eigenvalue weighted by Gasteiger charge is -2.33.